The van der Waals surface area contributed by atoms with Crippen molar-refractivity contribution < 1.29 is 14.3 Å². The first-order valence-electron chi connectivity index (χ1n) is 8.48. The van der Waals surface area contributed by atoms with Crippen molar-refractivity contribution in [2.75, 3.05) is 11.9 Å². The summed E-state index contributed by atoms with van der Waals surface area (Å²) < 4.78 is 5.67. The first kappa shape index (κ1) is 18.5. The Labute approximate surface area is 148 Å². The van der Waals surface area contributed by atoms with Gasteiger partial charge in [0.25, 0.3) is 11.8 Å². The van der Waals surface area contributed by atoms with Crippen molar-refractivity contribution in [2.24, 2.45) is 0 Å². The van der Waals surface area contributed by atoms with E-state index in [1.165, 1.54) is 5.56 Å². The summed E-state index contributed by atoms with van der Waals surface area (Å²) in [7, 11) is 0. The highest BCUT2D eigenvalue weighted by Gasteiger charge is 2.15. The third-order valence-electron chi connectivity index (χ3n) is 3.74. The molecule has 0 radical (unpaired) electrons. The molecule has 25 heavy (non-hydrogen) atoms. The van der Waals surface area contributed by atoms with Crippen LogP contribution >= 0.6 is 0 Å². The number of benzene rings is 2. The summed E-state index contributed by atoms with van der Waals surface area (Å²) >= 11 is 0. The molecule has 0 bridgehead atoms. The summed E-state index contributed by atoms with van der Waals surface area (Å²) in [5.41, 5.74) is 2.28. The maximum absolute atomic E-state index is 12.3. The Hall–Kier alpha value is -2.82. The molecule has 0 fully saturated rings. The van der Waals surface area contributed by atoms with Gasteiger partial charge in [-0.25, -0.2) is 0 Å². The molecule has 2 rings (SSSR count). The maximum atomic E-state index is 12.3. The number of carbonyl (C=O) groups is 2. The minimum atomic E-state index is -0.652. The van der Waals surface area contributed by atoms with Crippen LogP contribution in [0.4, 0.5) is 5.69 Å². The lowest BCUT2D eigenvalue weighted by Crippen LogP contribution is -2.30. The van der Waals surface area contributed by atoms with Crippen LogP contribution in [0.25, 0.3) is 0 Å². The van der Waals surface area contributed by atoms with Gasteiger partial charge in [-0.3, -0.25) is 9.59 Å². The van der Waals surface area contributed by atoms with Crippen LogP contribution in [-0.2, 0) is 11.2 Å². The molecule has 0 saturated carbocycles. The highest BCUT2D eigenvalue weighted by Crippen LogP contribution is 2.16. The molecule has 0 aromatic heterocycles. The van der Waals surface area contributed by atoms with Gasteiger partial charge in [0.2, 0.25) is 0 Å². The fourth-order valence-electron chi connectivity index (χ4n) is 2.31. The highest BCUT2D eigenvalue weighted by atomic mass is 16.5. The number of hydrogen-bond donors (Lipinski definition) is 2. The summed E-state index contributed by atoms with van der Waals surface area (Å²) in [6, 6.07) is 14.5. The molecule has 0 saturated heterocycles. The lowest BCUT2D eigenvalue weighted by Gasteiger charge is -2.15. The third-order valence-corrected chi connectivity index (χ3v) is 3.74. The van der Waals surface area contributed by atoms with Crippen LogP contribution in [0.2, 0.25) is 0 Å². The van der Waals surface area contributed by atoms with E-state index in [0.29, 0.717) is 23.5 Å². The van der Waals surface area contributed by atoms with Crippen molar-refractivity contribution in [2.45, 2.75) is 33.3 Å². The van der Waals surface area contributed by atoms with Gasteiger partial charge in [0.05, 0.1) is 0 Å². The number of rotatable bonds is 7. The summed E-state index contributed by atoms with van der Waals surface area (Å²) in [4.78, 5) is 24.2. The summed E-state index contributed by atoms with van der Waals surface area (Å²) in [6.07, 6.45) is 0.304. The number of ether oxygens (including phenoxy) is 1. The molecule has 0 aliphatic heterocycles. The SMILES string of the molecule is CCNC(=O)c1cccc(NC(=O)C(C)Oc2ccc(CC)cc2)c1. The molecule has 0 aliphatic carbocycles. The average Bonchev–Trinajstić information content (AvgIpc) is 2.62. The number of amides is 2. The molecule has 1 unspecified atom stereocenters. The second kappa shape index (κ2) is 8.87. The largest absolute Gasteiger partial charge is 0.481 e. The van der Waals surface area contributed by atoms with E-state index >= 15 is 0 Å². The number of hydrogen-bond acceptors (Lipinski definition) is 3. The fourth-order valence-corrected chi connectivity index (χ4v) is 2.31. The first-order valence-corrected chi connectivity index (χ1v) is 8.48. The summed E-state index contributed by atoms with van der Waals surface area (Å²) in [5, 5.41) is 5.51. The van der Waals surface area contributed by atoms with Crippen LogP contribution in [-0.4, -0.2) is 24.5 Å². The Morgan fingerprint density at radius 1 is 1.08 bits per heavy atom. The van der Waals surface area contributed by atoms with Gasteiger partial charge in [0, 0.05) is 17.8 Å². The van der Waals surface area contributed by atoms with E-state index in [0.717, 1.165) is 6.42 Å². The van der Waals surface area contributed by atoms with Crippen LogP contribution in [0.15, 0.2) is 48.5 Å². The average molecular weight is 340 g/mol. The molecule has 2 amide bonds. The zero-order valence-electron chi connectivity index (χ0n) is 14.8. The van der Waals surface area contributed by atoms with E-state index in [4.69, 9.17) is 4.74 Å². The van der Waals surface area contributed by atoms with Crippen molar-refractivity contribution >= 4 is 17.5 Å². The predicted molar refractivity (Wildman–Crippen MR) is 99.0 cm³/mol. The molecule has 0 spiro atoms. The highest BCUT2D eigenvalue weighted by molar-refractivity contribution is 5.98. The number of carbonyl (C=O) groups excluding carboxylic acids is 2. The van der Waals surface area contributed by atoms with Crippen LogP contribution in [0, 0.1) is 0 Å². The lowest BCUT2D eigenvalue weighted by molar-refractivity contribution is -0.122. The van der Waals surface area contributed by atoms with Gasteiger partial charge in [0.15, 0.2) is 6.10 Å². The molecule has 1 atom stereocenters. The van der Waals surface area contributed by atoms with Crippen molar-refractivity contribution in [1.82, 2.24) is 5.32 Å². The van der Waals surface area contributed by atoms with E-state index in [1.54, 1.807) is 31.2 Å². The van der Waals surface area contributed by atoms with Gasteiger partial charge in [-0.05, 0) is 56.2 Å². The quantitative estimate of drug-likeness (QED) is 0.812. The van der Waals surface area contributed by atoms with Crippen LogP contribution in [0.5, 0.6) is 5.75 Å². The van der Waals surface area contributed by atoms with Crippen molar-refractivity contribution in [3.05, 3.63) is 59.7 Å². The standard InChI is InChI=1S/C20H24N2O3/c1-4-15-9-11-18(12-10-15)25-14(3)19(23)22-17-8-6-7-16(13-17)20(24)21-5-2/h6-14H,4-5H2,1-3H3,(H,21,24)(H,22,23). The predicted octanol–water partition coefficient (Wildman–Crippen LogP) is 3.40. The van der Waals surface area contributed by atoms with Crippen molar-refractivity contribution in [3.63, 3.8) is 0 Å². The Morgan fingerprint density at radius 3 is 2.44 bits per heavy atom. The second-order valence-electron chi connectivity index (χ2n) is 5.69. The molecular formula is C20H24N2O3. The minimum Gasteiger partial charge on any atom is -0.481 e. The van der Waals surface area contributed by atoms with E-state index in [1.807, 2.05) is 31.2 Å². The second-order valence-corrected chi connectivity index (χ2v) is 5.69. The Balaban J connectivity index is 1.98. The van der Waals surface area contributed by atoms with Crippen molar-refractivity contribution in [3.8, 4) is 5.75 Å². The van der Waals surface area contributed by atoms with E-state index in [2.05, 4.69) is 17.6 Å². The Bertz CT molecular complexity index is 726. The van der Waals surface area contributed by atoms with E-state index in [9.17, 15) is 9.59 Å². The molecule has 5 nitrogen and oxygen atoms in total. The van der Waals surface area contributed by atoms with E-state index in [-0.39, 0.29) is 11.8 Å². The normalized spacial score (nSPS) is 11.5. The Morgan fingerprint density at radius 2 is 1.80 bits per heavy atom. The fraction of sp³-hybridized carbons (Fsp3) is 0.300. The minimum absolute atomic E-state index is 0.168. The summed E-state index contributed by atoms with van der Waals surface area (Å²) in [5.74, 6) is 0.211. The molecule has 132 valence electrons. The number of aryl methyl sites for hydroxylation is 1. The molecule has 2 N–H and O–H groups in total. The molecular weight excluding hydrogens is 316 g/mol. The molecule has 5 heteroatoms. The van der Waals surface area contributed by atoms with Gasteiger partial charge in [-0.1, -0.05) is 25.1 Å². The Kier molecular flexibility index (Phi) is 6.57. The third kappa shape index (κ3) is 5.35. The van der Waals surface area contributed by atoms with Crippen LogP contribution < -0.4 is 15.4 Å². The van der Waals surface area contributed by atoms with Crippen LogP contribution in [0.3, 0.4) is 0 Å². The summed E-state index contributed by atoms with van der Waals surface area (Å²) in [6.45, 7) is 6.18. The van der Waals surface area contributed by atoms with Gasteiger partial charge < -0.3 is 15.4 Å². The van der Waals surface area contributed by atoms with Gasteiger partial charge in [-0.2, -0.15) is 0 Å². The molecule has 2 aromatic carbocycles. The molecule has 2 aromatic rings. The zero-order valence-corrected chi connectivity index (χ0v) is 14.8. The zero-order chi connectivity index (χ0) is 18.2. The topological polar surface area (TPSA) is 67.4 Å². The number of nitrogens with one attached hydrogen (secondary N) is 2. The lowest BCUT2D eigenvalue weighted by atomic mass is 10.1. The molecule has 0 heterocycles. The van der Waals surface area contributed by atoms with Gasteiger partial charge in [-0.15, -0.1) is 0 Å². The van der Waals surface area contributed by atoms with Gasteiger partial charge >= 0.3 is 0 Å². The smallest absolute Gasteiger partial charge is 0.265 e. The maximum Gasteiger partial charge on any atom is 0.265 e. The van der Waals surface area contributed by atoms with Gasteiger partial charge in [0.1, 0.15) is 5.75 Å². The monoisotopic (exact) mass is 340 g/mol. The van der Waals surface area contributed by atoms with Crippen molar-refractivity contribution in [1.29, 1.82) is 0 Å². The molecule has 0 aliphatic rings. The first-order chi connectivity index (χ1) is 12.0. The van der Waals surface area contributed by atoms with Crippen LogP contribution in [0.1, 0.15) is 36.7 Å². The number of anilines is 1. The van der Waals surface area contributed by atoms with E-state index < -0.39 is 6.10 Å².